The third-order valence-electron chi connectivity index (χ3n) is 4.72. The Morgan fingerprint density at radius 1 is 0.500 bits per heavy atom. The Morgan fingerprint density at radius 2 is 0.750 bits per heavy atom. The summed E-state index contributed by atoms with van der Waals surface area (Å²) < 4.78 is 142. The Balaban J connectivity index is 1.95. The molecule has 1 aliphatic carbocycles. The van der Waals surface area contributed by atoms with E-state index in [0.717, 1.165) is 0 Å². The summed E-state index contributed by atoms with van der Waals surface area (Å²) in [5.74, 6) is -33.3. The number of benzene rings is 2. The minimum atomic E-state index is -2.58. The predicted octanol–water partition coefficient (Wildman–Crippen LogP) is 4.76. The number of esters is 2. The van der Waals surface area contributed by atoms with E-state index in [0.29, 0.717) is 0 Å². The molecule has 0 spiro atoms. The molecule has 0 atom stereocenters. The van der Waals surface area contributed by atoms with Gasteiger partial charge in [0.05, 0.1) is 0 Å². The van der Waals surface area contributed by atoms with Gasteiger partial charge in [-0.2, -0.15) is 17.6 Å². The summed E-state index contributed by atoms with van der Waals surface area (Å²) in [4.78, 5) is 24.7. The van der Waals surface area contributed by atoms with Gasteiger partial charge in [0.25, 0.3) is 0 Å². The van der Waals surface area contributed by atoms with Gasteiger partial charge < -0.3 is 9.47 Å². The lowest BCUT2D eigenvalue weighted by Gasteiger charge is -2.36. The molecule has 0 saturated heterocycles. The van der Waals surface area contributed by atoms with Crippen LogP contribution in [0.25, 0.3) is 0 Å². The van der Waals surface area contributed by atoms with Crippen LogP contribution in [0.4, 0.5) is 43.9 Å². The zero-order valence-corrected chi connectivity index (χ0v) is 15.0. The van der Waals surface area contributed by atoms with E-state index in [-0.39, 0.29) is 6.42 Å². The number of hydrogen-bond acceptors (Lipinski definition) is 4. The molecule has 2 aromatic rings. The van der Waals surface area contributed by atoms with Gasteiger partial charge in [-0.05, 0) is 19.3 Å². The van der Waals surface area contributed by atoms with Gasteiger partial charge in [0.15, 0.2) is 5.41 Å². The van der Waals surface area contributed by atoms with Crippen molar-refractivity contribution in [1.82, 2.24) is 0 Å². The van der Waals surface area contributed by atoms with Crippen LogP contribution in [0.5, 0.6) is 11.5 Å². The first kappa shape index (κ1) is 23.3. The highest BCUT2D eigenvalue weighted by molar-refractivity contribution is 6.02. The van der Waals surface area contributed by atoms with Crippen LogP contribution in [-0.2, 0) is 9.59 Å². The van der Waals surface area contributed by atoms with Crippen molar-refractivity contribution in [2.75, 3.05) is 0 Å². The first-order chi connectivity index (χ1) is 14.8. The lowest BCUT2D eigenvalue weighted by Crippen LogP contribution is -2.50. The standard InChI is InChI=1S/C18H6F10O4/c19-4-6(21)10(25)14(11(26)7(4)22)31-16(29)18(2-1-3-18)17(30)32-15-12(27)8(23)5(20)9(24)13(15)28/h1-3H2. The molecule has 2 aromatic carbocycles. The Labute approximate surface area is 170 Å². The van der Waals surface area contributed by atoms with Crippen LogP contribution in [0, 0.1) is 63.6 Å². The second-order valence-corrected chi connectivity index (χ2v) is 6.51. The van der Waals surface area contributed by atoms with Gasteiger partial charge in [0.2, 0.25) is 69.7 Å². The third kappa shape index (κ3) is 3.33. The van der Waals surface area contributed by atoms with Crippen molar-refractivity contribution >= 4 is 11.9 Å². The van der Waals surface area contributed by atoms with Gasteiger partial charge in [0.1, 0.15) is 0 Å². The number of halogens is 10. The first-order valence-electron chi connectivity index (χ1n) is 8.32. The van der Waals surface area contributed by atoms with Crippen molar-refractivity contribution in [3.63, 3.8) is 0 Å². The quantitative estimate of drug-likeness (QED) is 0.160. The molecule has 0 radical (unpaired) electrons. The second-order valence-electron chi connectivity index (χ2n) is 6.51. The summed E-state index contributed by atoms with van der Waals surface area (Å²) in [5.41, 5.74) is -2.58. The van der Waals surface area contributed by atoms with E-state index in [9.17, 15) is 53.5 Å². The lowest BCUT2D eigenvalue weighted by atomic mass is 9.69. The van der Waals surface area contributed by atoms with Gasteiger partial charge >= 0.3 is 11.9 Å². The summed E-state index contributed by atoms with van der Waals surface area (Å²) in [7, 11) is 0. The van der Waals surface area contributed by atoms with E-state index in [1.165, 1.54) is 0 Å². The number of rotatable bonds is 4. The predicted molar refractivity (Wildman–Crippen MR) is 80.0 cm³/mol. The molecule has 1 saturated carbocycles. The maximum atomic E-state index is 13.7. The van der Waals surface area contributed by atoms with E-state index in [1.807, 2.05) is 0 Å². The highest BCUT2D eigenvalue weighted by atomic mass is 19.2. The van der Waals surface area contributed by atoms with Crippen LogP contribution in [0.1, 0.15) is 19.3 Å². The SMILES string of the molecule is O=C(Oc1c(F)c(F)c(F)c(F)c1F)C1(C(=O)Oc2c(F)c(F)c(F)c(F)c2F)CCC1. The highest BCUT2D eigenvalue weighted by Gasteiger charge is 2.55. The normalized spacial score (nSPS) is 14.7. The minimum Gasteiger partial charge on any atom is -0.419 e. The molecule has 4 nitrogen and oxygen atoms in total. The van der Waals surface area contributed by atoms with Crippen LogP contribution >= 0.6 is 0 Å². The number of carbonyl (C=O) groups excluding carboxylic acids is 2. The van der Waals surface area contributed by atoms with Crippen molar-refractivity contribution in [2.24, 2.45) is 5.41 Å². The van der Waals surface area contributed by atoms with Gasteiger partial charge in [-0.3, -0.25) is 9.59 Å². The van der Waals surface area contributed by atoms with Crippen LogP contribution in [0.2, 0.25) is 0 Å². The smallest absolute Gasteiger partial charge is 0.329 e. The second kappa shape index (κ2) is 7.98. The summed E-state index contributed by atoms with van der Waals surface area (Å²) in [6.45, 7) is 0. The van der Waals surface area contributed by atoms with Crippen molar-refractivity contribution < 1.29 is 63.0 Å². The van der Waals surface area contributed by atoms with E-state index >= 15 is 0 Å². The molecule has 1 aliphatic rings. The molecule has 0 aliphatic heterocycles. The van der Waals surface area contributed by atoms with Crippen LogP contribution in [0.3, 0.4) is 0 Å². The highest BCUT2D eigenvalue weighted by Crippen LogP contribution is 2.45. The fraction of sp³-hybridized carbons (Fsp3) is 0.222. The molecule has 0 unspecified atom stereocenters. The molecule has 32 heavy (non-hydrogen) atoms. The van der Waals surface area contributed by atoms with Crippen molar-refractivity contribution in [3.8, 4) is 11.5 Å². The molecule has 3 rings (SSSR count). The van der Waals surface area contributed by atoms with Gasteiger partial charge in [-0.25, -0.2) is 26.3 Å². The molecule has 14 heteroatoms. The van der Waals surface area contributed by atoms with Crippen LogP contribution in [-0.4, -0.2) is 11.9 Å². The zero-order chi connectivity index (χ0) is 24.1. The molecule has 0 aromatic heterocycles. The maximum Gasteiger partial charge on any atom is 0.329 e. The fourth-order valence-corrected chi connectivity index (χ4v) is 2.75. The fourth-order valence-electron chi connectivity index (χ4n) is 2.75. The largest absolute Gasteiger partial charge is 0.419 e. The van der Waals surface area contributed by atoms with E-state index in [2.05, 4.69) is 9.47 Å². The molecule has 1 fully saturated rings. The molecule has 0 amide bonds. The molecule has 172 valence electrons. The molecule has 0 N–H and O–H groups in total. The summed E-state index contributed by atoms with van der Waals surface area (Å²) in [6, 6.07) is 0. The molecule has 0 bridgehead atoms. The van der Waals surface area contributed by atoms with Crippen LogP contribution in [0.15, 0.2) is 0 Å². The van der Waals surface area contributed by atoms with Gasteiger partial charge in [0, 0.05) is 0 Å². The average Bonchev–Trinajstić information content (AvgIpc) is 2.73. The maximum absolute atomic E-state index is 13.7. The summed E-state index contributed by atoms with van der Waals surface area (Å²) >= 11 is 0. The zero-order valence-electron chi connectivity index (χ0n) is 15.0. The Bertz CT molecular complexity index is 1020. The van der Waals surface area contributed by atoms with Gasteiger partial charge in [-0.15, -0.1) is 0 Å². The number of carbonyl (C=O) groups is 2. The monoisotopic (exact) mass is 476 g/mol. The Morgan fingerprint density at radius 3 is 0.969 bits per heavy atom. The first-order valence-corrected chi connectivity index (χ1v) is 8.32. The van der Waals surface area contributed by atoms with E-state index in [1.54, 1.807) is 0 Å². The van der Waals surface area contributed by atoms with Crippen molar-refractivity contribution in [2.45, 2.75) is 19.3 Å². The number of hydrogen-bond donors (Lipinski definition) is 0. The van der Waals surface area contributed by atoms with E-state index in [4.69, 9.17) is 0 Å². The van der Waals surface area contributed by atoms with Crippen molar-refractivity contribution in [3.05, 3.63) is 58.2 Å². The lowest BCUT2D eigenvalue weighted by molar-refractivity contribution is -0.168. The summed E-state index contributed by atoms with van der Waals surface area (Å²) in [6.07, 6.45) is -1.11. The Kier molecular flexibility index (Phi) is 5.82. The minimum absolute atomic E-state index is 0.0123. The van der Waals surface area contributed by atoms with Crippen LogP contribution < -0.4 is 9.47 Å². The van der Waals surface area contributed by atoms with Crippen molar-refractivity contribution in [1.29, 1.82) is 0 Å². The Hall–Kier alpha value is -3.32. The number of ether oxygens (including phenoxy) is 2. The molecule has 0 heterocycles. The summed E-state index contributed by atoms with van der Waals surface area (Å²) in [5, 5.41) is 0. The molecular weight excluding hydrogens is 470 g/mol. The topological polar surface area (TPSA) is 52.6 Å². The van der Waals surface area contributed by atoms with Gasteiger partial charge in [-0.1, -0.05) is 0 Å². The van der Waals surface area contributed by atoms with E-state index < -0.39 is 99.9 Å². The average molecular weight is 476 g/mol. The third-order valence-corrected chi connectivity index (χ3v) is 4.72. The molecular formula is C18H6F10O4.